The highest BCUT2D eigenvalue weighted by Crippen LogP contribution is 2.43. The number of aliphatic hydroxyl groups excluding tert-OH is 1. The number of aromatic nitrogens is 2. The van der Waals surface area contributed by atoms with E-state index in [4.69, 9.17) is 43.2 Å². The van der Waals surface area contributed by atoms with Gasteiger partial charge in [0.05, 0.1) is 46.5 Å². The highest BCUT2D eigenvalue weighted by molar-refractivity contribution is 9.10. The summed E-state index contributed by atoms with van der Waals surface area (Å²) in [6, 6.07) is 9.37. The number of hydrogen-bond acceptors (Lipinski definition) is 16. The number of carbonyl (C=O) groups is 4. The van der Waals surface area contributed by atoms with Crippen molar-refractivity contribution >= 4 is 73.2 Å². The summed E-state index contributed by atoms with van der Waals surface area (Å²) in [6.07, 6.45) is -2.57. The Balaban J connectivity index is 0.000000183. The highest BCUT2D eigenvalue weighted by atomic mass is 79.9. The zero-order valence-electron chi connectivity index (χ0n) is 39.3. The van der Waals surface area contributed by atoms with Gasteiger partial charge in [0.25, 0.3) is 0 Å². The second kappa shape index (κ2) is 20.3. The van der Waals surface area contributed by atoms with Crippen molar-refractivity contribution in [3.63, 3.8) is 0 Å². The molecular formula is C46H59BrN6O14. The van der Waals surface area contributed by atoms with Gasteiger partial charge in [-0.05, 0) is 93.9 Å². The molecule has 67 heavy (non-hydrogen) atoms. The van der Waals surface area contributed by atoms with Gasteiger partial charge in [-0.1, -0.05) is 0 Å². The smallest absolute Gasteiger partial charge is 0.411 e. The fraction of sp³-hybridized carbons (Fsp3) is 0.522. The fourth-order valence-corrected chi connectivity index (χ4v) is 8.25. The molecule has 0 aliphatic carbocycles. The van der Waals surface area contributed by atoms with Crippen molar-refractivity contribution in [3.05, 3.63) is 41.0 Å². The molecule has 2 aromatic carbocycles. The molecule has 8 rings (SSSR count). The minimum atomic E-state index is -1.12. The maximum atomic E-state index is 12.6. The summed E-state index contributed by atoms with van der Waals surface area (Å²) in [7, 11) is 7.20. The molecule has 2 amide bonds. The van der Waals surface area contributed by atoms with Crippen molar-refractivity contribution in [3.8, 4) is 28.9 Å². The van der Waals surface area contributed by atoms with Crippen LogP contribution in [-0.4, -0.2) is 162 Å². The SMILES string of the molecule is CC(C)(C)OC(=O)N1C[C@H](O)C[C@H]1C(=O)O.COc1ccc2c(Br)nc3c(c2c1)OCCN3C.COc1ccc2c(O[C@@H]3CC(C(=O)O)N(C(=O)OC(C)(C)C)C3)nc3c(c2c1)OCCN3C. The van der Waals surface area contributed by atoms with Gasteiger partial charge in [-0.25, -0.2) is 24.2 Å². The van der Waals surface area contributed by atoms with Crippen molar-refractivity contribution in [2.24, 2.45) is 0 Å². The van der Waals surface area contributed by atoms with Crippen LogP contribution < -0.4 is 33.5 Å². The number of carboxylic acid groups (broad SMARTS) is 2. The Hall–Kier alpha value is -6.22. The number of carboxylic acids is 2. The van der Waals surface area contributed by atoms with Crippen molar-refractivity contribution in [1.29, 1.82) is 0 Å². The van der Waals surface area contributed by atoms with Crippen LogP contribution in [-0.2, 0) is 19.1 Å². The van der Waals surface area contributed by atoms with Crippen LogP contribution in [0.2, 0.25) is 0 Å². The van der Waals surface area contributed by atoms with Gasteiger partial charge in [0.15, 0.2) is 23.1 Å². The predicted octanol–water partition coefficient (Wildman–Crippen LogP) is 6.19. The molecule has 6 heterocycles. The minimum Gasteiger partial charge on any atom is -0.497 e. The molecule has 4 atom stereocenters. The molecule has 4 aliphatic rings. The number of aliphatic carboxylic acids is 2. The third kappa shape index (κ3) is 11.8. The Kier molecular flexibility index (Phi) is 15.2. The van der Waals surface area contributed by atoms with Crippen LogP contribution in [0.4, 0.5) is 21.2 Å². The zero-order valence-corrected chi connectivity index (χ0v) is 40.9. The first-order valence-corrected chi connectivity index (χ1v) is 22.4. The number of pyridine rings is 2. The van der Waals surface area contributed by atoms with Gasteiger partial charge < -0.3 is 58.3 Å². The third-order valence-corrected chi connectivity index (χ3v) is 11.5. The van der Waals surface area contributed by atoms with Crippen molar-refractivity contribution < 1.29 is 67.7 Å². The van der Waals surface area contributed by atoms with Gasteiger partial charge in [0.2, 0.25) is 5.88 Å². The number of likely N-dealkylation sites (tertiary alicyclic amines) is 2. The number of likely N-dealkylation sites (N-methyl/N-ethyl adjacent to an activating group) is 2. The Bertz CT molecular complexity index is 2500. The number of ether oxygens (including phenoxy) is 7. The van der Waals surface area contributed by atoms with Crippen LogP contribution in [0.1, 0.15) is 54.4 Å². The number of halogens is 1. The minimum absolute atomic E-state index is 0.00583. The molecule has 0 bridgehead atoms. The number of amides is 2. The number of aliphatic hydroxyl groups is 1. The van der Waals surface area contributed by atoms with Crippen LogP contribution in [0, 0.1) is 0 Å². The van der Waals surface area contributed by atoms with E-state index in [0.29, 0.717) is 48.3 Å². The lowest BCUT2D eigenvalue weighted by molar-refractivity contribution is -0.142. The van der Waals surface area contributed by atoms with E-state index in [1.54, 1.807) is 61.8 Å². The molecule has 364 valence electrons. The number of anilines is 2. The average Bonchev–Trinajstić information content (AvgIpc) is 3.88. The molecule has 4 aromatic rings. The summed E-state index contributed by atoms with van der Waals surface area (Å²) in [4.78, 5) is 62.6. The van der Waals surface area contributed by atoms with Gasteiger partial charge in [-0.3, -0.25) is 9.80 Å². The number of β-amino-alcohol motifs (C(OH)–C–C–N with tert-alkyl or cyclic N) is 1. The highest BCUT2D eigenvalue weighted by Gasteiger charge is 2.44. The Morgan fingerprint density at radius 1 is 0.687 bits per heavy atom. The van der Waals surface area contributed by atoms with Gasteiger partial charge in [0.1, 0.15) is 58.7 Å². The lowest BCUT2D eigenvalue weighted by Crippen LogP contribution is -2.43. The molecule has 20 nitrogen and oxygen atoms in total. The summed E-state index contributed by atoms with van der Waals surface area (Å²) >= 11 is 3.52. The van der Waals surface area contributed by atoms with E-state index in [1.165, 1.54) is 4.90 Å². The standard InChI is InChI=1S/C23H29N3O7.C13H13BrN2O2.C10H17NO5/c1-23(2,3)33-22(29)26-12-14(11-17(26)21(27)28)32-20-15-7-6-13(30-5)10-16(15)18-19(24-20)25(4)8-9-31-18;1-16-5-6-18-11-10-7-8(17-2)3-4-9(10)12(14)15-13(11)16;1-10(2,3)16-9(15)11-5-6(12)4-7(11)8(13)14/h6-7,10,14,17H,8-9,11-12H2,1-5H3,(H,27,28);3-4,7H,5-6H2,1-2H3;6-7,12H,4-5H2,1-3H3,(H,13,14)/t14-,17?;;6-,7+/m1.1/s1. The van der Waals surface area contributed by atoms with E-state index in [9.17, 15) is 29.4 Å². The number of fused-ring (bicyclic) bond motifs is 6. The topological polar surface area (TPSA) is 232 Å². The summed E-state index contributed by atoms with van der Waals surface area (Å²) in [5.41, 5.74) is -1.41. The maximum Gasteiger partial charge on any atom is 0.411 e. The van der Waals surface area contributed by atoms with Gasteiger partial charge in [-0.2, -0.15) is 4.98 Å². The third-order valence-electron chi connectivity index (χ3n) is 10.9. The molecule has 0 saturated carbocycles. The van der Waals surface area contributed by atoms with E-state index in [2.05, 4.69) is 25.8 Å². The summed E-state index contributed by atoms with van der Waals surface area (Å²) in [5, 5.41) is 31.5. The van der Waals surface area contributed by atoms with Crippen LogP contribution >= 0.6 is 15.9 Å². The molecule has 0 radical (unpaired) electrons. The Morgan fingerprint density at radius 3 is 1.64 bits per heavy atom. The fourth-order valence-electron chi connectivity index (χ4n) is 7.74. The Labute approximate surface area is 396 Å². The van der Waals surface area contributed by atoms with E-state index < -0.39 is 59.6 Å². The molecule has 0 spiro atoms. The zero-order chi connectivity index (χ0) is 49.1. The lowest BCUT2D eigenvalue weighted by atomic mass is 10.1. The summed E-state index contributed by atoms with van der Waals surface area (Å²) in [5.74, 6) is 2.60. The first-order chi connectivity index (χ1) is 31.5. The van der Waals surface area contributed by atoms with Gasteiger partial charge >= 0.3 is 24.1 Å². The molecule has 4 aliphatic heterocycles. The number of methoxy groups -OCH3 is 2. The average molecular weight is 1000 g/mol. The second-order valence-corrected chi connectivity index (χ2v) is 19.1. The molecule has 1 unspecified atom stereocenters. The lowest BCUT2D eigenvalue weighted by Gasteiger charge is -2.28. The van der Waals surface area contributed by atoms with Crippen molar-refractivity contribution in [2.45, 2.75) is 89.9 Å². The van der Waals surface area contributed by atoms with Crippen LogP contribution in [0.15, 0.2) is 41.0 Å². The maximum absolute atomic E-state index is 12.6. The number of hydrogen-bond donors (Lipinski definition) is 3. The Morgan fingerprint density at radius 2 is 1.15 bits per heavy atom. The second-order valence-electron chi connectivity index (χ2n) is 18.3. The van der Waals surface area contributed by atoms with E-state index in [0.717, 1.165) is 49.5 Å². The normalized spacial score (nSPS) is 19.9. The van der Waals surface area contributed by atoms with E-state index in [-0.39, 0.29) is 25.9 Å². The van der Waals surface area contributed by atoms with Crippen LogP contribution in [0.25, 0.3) is 21.5 Å². The largest absolute Gasteiger partial charge is 0.497 e. The van der Waals surface area contributed by atoms with Crippen LogP contribution in [0.5, 0.6) is 28.9 Å². The quantitative estimate of drug-likeness (QED) is 0.183. The van der Waals surface area contributed by atoms with Gasteiger partial charge in [0, 0.05) is 48.5 Å². The molecular weight excluding hydrogens is 940 g/mol. The molecule has 2 fully saturated rings. The van der Waals surface area contributed by atoms with E-state index >= 15 is 0 Å². The number of carbonyl (C=O) groups excluding carboxylic acids is 2. The number of rotatable bonds is 6. The van der Waals surface area contributed by atoms with E-state index in [1.807, 2.05) is 49.3 Å². The van der Waals surface area contributed by atoms with Crippen molar-refractivity contribution in [1.82, 2.24) is 19.8 Å². The van der Waals surface area contributed by atoms with Crippen molar-refractivity contribution in [2.75, 3.05) is 77.5 Å². The monoisotopic (exact) mass is 998 g/mol. The molecule has 3 N–H and O–H groups in total. The predicted molar refractivity (Wildman–Crippen MR) is 250 cm³/mol. The first-order valence-electron chi connectivity index (χ1n) is 21.6. The number of benzene rings is 2. The summed E-state index contributed by atoms with van der Waals surface area (Å²) < 4.78 is 39.9. The van der Waals surface area contributed by atoms with Crippen LogP contribution in [0.3, 0.4) is 0 Å². The molecule has 2 saturated heterocycles. The summed E-state index contributed by atoms with van der Waals surface area (Å²) in [6.45, 7) is 13.1. The number of nitrogens with zero attached hydrogens (tertiary/aromatic N) is 6. The van der Waals surface area contributed by atoms with Gasteiger partial charge in [-0.15, -0.1) is 0 Å². The molecule has 21 heteroatoms. The first kappa shape index (κ1) is 50.2. The molecule has 2 aromatic heterocycles.